The number of nitrogens with one attached hydrogen (secondary N) is 1. The Labute approximate surface area is 111 Å². The predicted octanol–water partition coefficient (Wildman–Crippen LogP) is 1.66. The molecule has 0 aliphatic carbocycles. The zero-order valence-electron chi connectivity index (χ0n) is 10.8. The molecule has 0 amide bonds. The molecule has 0 spiro atoms. The molecule has 0 aliphatic rings. The molecule has 102 valence electrons. The van der Waals surface area contributed by atoms with Crippen LogP contribution in [0.4, 0.5) is 5.69 Å². The summed E-state index contributed by atoms with van der Waals surface area (Å²) in [6.45, 7) is 3.57. The Morgan fingerprint density at radius 2 is 1.83 bits per heavy atom. The minimum absolute atomic E-state index is 0.0875. The van der Waals surface area contributed by atoms with Crippen LogP contribution in [0.3, 0.4) is 0 Å². The molecule has 0 saturated carbocycles. The monoisotopic (exact) mass is 289 g/mol. The van der Waals surface area contributed by atoms with Gasteiger partial charge in [0.2, 0.25) is 0 Å². The second-order valence-electron chi connectivity index (χ2n) is 4.21. The van der Waals surface area contributed by atoms with Crippen LogP contribution in [0.25, 0.3) is 0 Å². The molecule has 2 atom stereocenters. The van der Waals surface area contributed by atoms with E-state index >= 15 is 0 Å². The maximum atomic E-state index is 11.6. The van der Waals surface area contributed by atoms with Crippen molar-refractivity contribution in [1.29, 1.82) is 0 Å². The van der Waals surface area contributed by atoms with Gasteiger partial charge < -0.3 is 5.32 Å². The van der Waals surface area contributed by atoms with E-state index in [0.29, 0.717) is 10.6 Å². The summed E-state index contributed by atoms with van der Waals surface area (Å²) in [5, 5.41) is 3.18. The smallest absolute Gasteiger partial charge is 0.178 e. The van der Waals surface area contributed by atoms with E-state index in [1.54, 1.807) is 37.4 Å². The maximum Gasteiger partial charge on any atom is 0.178 e. The molecule has 1 aromatic carbocycles. The van der Waals surface area contributed by atoms with Crippen LogP contribution in [-0.2, 0) is 20.6 Å². The van der Waals surface area contributed by atoms with Crippen LogP contribution in [0.5, 0.6) is 0 Å². The molecule has 0 fully saturated rings. The van der Waals surface area contributed by atoms with Crippen LogP contribution in [0, 0.1) is 0 Å². The third-order valence-corrected chi connectivity index (χ3v) is 5.21. The third kappa shape index (κ3) is 4.42. The number of benzene rings is 1. The van der Waals surface area contributed by atoms with Crippen LogP contribution >= 0.6 is 0 Å². The first-order valence-electron chi connectivity index (χ1n) is 5.74. The standard InChI is InChI=1S/C12H19NO3S2/c1-4-18(15,16)12-7-5-11(6-8-12)13-10(2)9-17(3)14/h5-8,10,13H,4,9H2,1-3H3. The lowest BCUT2D eigenvalue weighted by atomic mass is 10.3. The molecule has 1 rings (SSSR count). The molecule has 0 saturated heterocycles. The van der Waals surface area contributed by atoms with Gasteiger partial charge in [-0.3, -0.25) is 4.21 Å². The van der Waals surface area contributed by atoms with E-state index in [4.69, 9.17) is 0 Å². The lowest BCUT2D eigenvalue weighted by Gasteiger charge is -2.14. The number of rotatable bonds is 6. The first-order valence-corrected chi connectivity index (χ1v) is 9.12. The van der Waals surface area contributed by atoms with E-state index in [0.717, 1.165) is 5.69 Å². The van der Waals surface area contributed by atoms with Gasteiger partial charge in [-0.1, -0.05) is 6.92 Å². The summed E-state index contributed by atoms with van der Waals surface area (Å²) in [7, 11) is -3.99. The summed E-state index contributed by atoms with van der Waals surface area (Å²) in [4.78, 5) is 0.335. The number of hydrogen-bond donors (Lipinski definition) is 1. The van der Waals surface area contributed by atoms with Crippen molar-refractivity contribution in [3.8, 4) is 0 Å². The topological polar surface area (TPSA) is 63.2 Å². The highest BCUT2D eigenvalue weighted by Crippen LogP contribution is 2.16. The summed E-state index contributed by atoms with van der Waals surface area (Å²) in [5.74, 6) is 0.667. The molecule has 0 aliphatic heterocycles. The number of sulfone groups is 1. The SMILES string of the molecule is CCS(=O)(=O)c1ccc(NC(C)CS(C)=O)cc1. The van der Waals surface area contributed by atoms with Crippen molar-refractivity contribution < 1.29 is 12.6 Å². The fourth-order valence-electron chi connectivity index (χ4n) is 1.60. The minimum Gasteiger partial charge on any atom is -0.382 e. The molecule has 0 bridgehead atoms. The second-order valence-corrected chi connectivity index (χ2v) is 7.97. The van der Waals surface area contributed by atoms with E-state index in [1.807, 2.05) is 6.92 Å². The second kappa shape index (κ2) is 6.33. The maximum absolute atomic E-state index is 11.6. The molecule has 0 heterocycles. The van der Waals surface area contributed by atoms with Crippen molar-refractivity contribution in [2.45, 2.75) is 24.8 Å². The Kier molecular flexibility index (Phi) is 5.34. The van der Waals surface area contributed by atoms with Gasteiger partial charge in [-0.2, -0.15) is 0 Å². The highest BCUT2D eigenvalue weighted by atomic mass is 32.2. The Morgan fingerprint density at radius 1 is 1.28 bits per heavy atom. The summed E-state index contributed by atoms with van der Waals surface area (Å²) in [6.07, 6.45) is 1.66. The molecule has 18 heavy (non-hydrogen) atoms. The fraction of sp³-hybridized carbons (Fsp3) is 0.500. The lowest BCUT2D eigenvalue weighted by molar-refractivity contribution is 0.597. The Hall–Kier alpha value is -0.880. The Morgan fingerprint density at radius 3 is 2.28 bits per heavy atom. The van der Waals surface area contributed by atoms with Crippen LogP contribution in [-0.4, -0.2) is 36.4 Å². The highest BCUT2D eigenvalue weighted by molar-refractivity contribution is 7.91. The van der Waals surface area contributed by atoms with Gasteiger partial charge in [0.05, 0.1) is 10.6 Å². The molecule has 2 unspecified atom stereocenters. The third-order valence-electron chi connectivity index (χ3n) is 2.49. The van der Waals surface area contributed by atoms with Crippen molar-refractivity contribution in [2.75, 3.05) is 23.1 Å². The minimum atomic E-state index is -3.14. The van der Waals surface area contributed by atoms with Crippen LogP contribution in [0.1, 0.15) is 13.8 Å². The summed E-state index contributed by atoms with van der Waals surface area (Å²) in [6, 6.07) is 6.74. The van der Waals surface area contributed by atoms with Gasteiger partial charge in [-0.25, -0.2) is 8.42 Å². The number of hydrogen-bond acceptors (Lipinski definition) is 4. The summed E-state index contributed by atoms with van der Waals surface area (Å²) < 4.78 is 34.3. The molecular formula is C12H19NO3S2. The first kappa shape index (κ1) is 15.2. The van der Waals surface area contributed by atoms with Gasteiger partial charge in [0.25, 0.3) is 0 Å². The zero-order valence-corrected chi connectivity index (χ0v) is 12.5. The van der Waals surface area contributed by atoms with Gasteiger partial charge in [-0.05, 0) is 31.2 Å². The van der Waals surface area contributed by atoms with Gasteiger partial charge in [0.15, 0.2) is 9.84 Å². The van der Waals surface area contributed by atoms with Gasteiger partial charge in [-0.15, -0.1) is 0 Å². The molecule has 0 aromatic heterocycles. The summed E-state index contributed by atoms with van der Waals surface area (Å²) >= 11 is 0. The average molecular weight is 289 g/mol. The predicted molar refractivity (Wildman–Crippen MR) is 76.2 cm³/mol. The van der Waals surface area contributed by atoms with Gasteiger partial charge >= 0.3 is 0 Å². The van der Waals surface area contributed by atoms with Crippen LogP contribution in [0.15, 0.2) is 29.2 Å². The Bertz CT molecular complexity index is 509. The average Bonchev–Trinajstić information content (AvgIpc) is 2.28. The van der Waals surface area contributed by atoms with E-state index in [1.165, 1.54) is 0 Å². The molecular weight excluding hydrogens is 270 g/mol. The lowest BCUT2D eigenvalue weighted by Crippen LogP contribution is -2.22. The van der Waals surface area contributed by atoms with E-state index in [-0.39, 0.29) is 11.8 Å². The zero-order chi connectivity index (χ0) is 13.8. The quantitative estimate of drug-likeness (QED) is 0.865. The normalized spacial score (nSPS) is 15.1. The fourth-order valence-corrected chi connectivity index (χ4v) is 3.27. The molecule has 6 heteroatoms. The molecule has 1 aromatic rings. The largest absolute Gasteiger partial charge is 0.382 e. The van der Waals surface area contributed by atoms with Crippen LogP contribution < -0.4 is 5.32 Å². The van der Waals surface area contributed by atoms with E-state index < -0.39 is 20.6 Å². The summed E-state index contributed by atoms with van der Waals surface area (Å²) in [5.41, 5.74) is 0.836. The van der Waals surface area contributed by atoms with Gasteiger partial charge in [0, 0.05) is 34.5 Å². The number of anilines is 1. The van der Waals surface area contributed by atoms with E-state index in [9.17, 15) is 12.6 Å². The first-order chi connectivity index (χ1) is 8.35. The highest BCUT2D eigenvalue weighted by Gasteiger charge is 2.11. The van der Waals surface area contributed by atoms with Crippen molar-refractivity contribution in [1.82, 2.24) is 0 Å². The van der Waals surface area contributed by atoms with Crippen molar-refractivity contribution in [2.24, 2.45) is 0 Å². The van der Waals surface area contributed by atoms with Gasteiger partial charge in [0.1, 0.15) is 0 Å². The van der Waals surface area contributed by atoms with Crippen molar-refractivity contribution in [3.63, 3.8) is 0 Å². The molecule has 0 radical (unpaired) electrons. The van der Waals surface area contributed by atoms with E-state index in [2.05, 4.69) is 5.32 Å². The van der Waals surface area contributed by atoms with Crippen molar-refractivity contribution in [3.05, 3.63) is 24.3 Å². The molecule has 4 nitrogen and oxygen atoms in total. The van der Waals surface area contributed by atoms with Crippen LogP contribution in [0.2, 0.25) is 0 Å². The Balaban J connectivity index is 2.75. The molecule has 1 N–H and O–H groups in total. The van der Waals surface area contributed by atoms with Crippen molar-refractivity contribution >= 4 is 26.3 Å².